The van der Waals surface area contributed by atoms with Gasteiger partial charge in [-0.1, -0.05) is 30.3 Å². The average molecular weight is 317 g/mol. The minimum atomic E-state index is -1.31. The zero-order valence-corrected chi connectivity index (χ0v) is 12.1. The summed E-state index contributed by atoms with van der Waals surface area (Å²) in [7, 11) is 0. The maximum atomic E-state index is 13.8. The summed E-state index contributed by atoms with van der Waals surface area (Å²) >= 11 is 4.64. The molecule has 0 bridgehead atoms. The highest BCUT2D eigenvalue weighted by atomic mass is 32.1. The number of carboxylic acid groups (broad SMARTS) is 1. The third-order valence-corrected chi connectivity index (χ3v) is 2.94. The summed E-state index contributed by atoms with van der Waals surface area (Å²) < 4.78 is 13.8. The molecule has 0 unspecified atom stereocenters. The number of carbonyl (C=O) groups is 1. The Morgan fingerprint density at radius 1 is 1.32 bits per heavy atom. The number of carboxylic acids is 1. The largest absolute Gasteiger partial charge is 0.478 e. The molecule has 0 aliphatic carbocycles. The van der Waals surface area contributed by atoms with Crippen molar-refractivity contribution in [3.63, 3.8) is 0 Å². The Morgan fingerprint density at radius 2 is 2.05 bits per heavy atom. The number of benzene rings is 2. The molecule has 5 nitrogen and oxygen atoms in total. The van der Waals surface area contributed by atoms with Crippen molar-refractivity contribution >= 4 is 29.5 Å². The van der Waals surface area contributed by atoms with Gasteiger partial charge in [0.2, 0.25) is 0 Å². The number of hydrazone groups is 1. The van der Waals surface area contributed by atoms with Gasteiger partial charge >= 0.3 is 5.97 Å². The van der Waals surface area contributed by atoms with E-state index in [0.717, 1.165) is 0 Å². The first-order chi connectivity index (χ1) is 10.5. The molecule has 2 aromatic carbocycles. The van der Waals surface area contributed by atoms with Crippen LogP contribution in [0.3, 0.4) is 0 Å². The number of thiocarbonyl (C=S) groups is 1. The fourth-order valence-corrected chi connectivity index (χ4v) is 1.95. The van der Waals surface area contributed by atoms with Gasteiger partial charge in [0.1, 0.15) is 5.82 Å². The molecule has 2 rings (SSSR count). The molecular formula is C15H12FN3O2S. The molecular weight excluding hydrogens is 305 g/mol. The molecule has 0 spiro atoms. The SMILES string of the molecule is NC(=S)NN=Cc1ccccc1-c1ccc(C(=O)O)c(F)c1. The molecule has 0 amide bonds. The summed E-state index contributed by atoms with van der Waals surface area (Å²) in [5.41, 5.74) is 9.28. The van der Waals surface area contributed by atoms with Crippen LogP contribution in [0.2, 0.25) is 0 Å². The van der Waals surface area contributed by atoms with E-state index in [9.17, 15) is 9.18 Å². The van der Waals surface area contributed by atoms with Gasteiger partial charge < -0.3 is 10.8 Å². The Morgan fingerprint density at radius 3 is 2.68 bits per heavy atom. The number of nitrogens with two attached hydrogens (primary N) is 1. The second kappa shape index (κ2) is 6.77. The van der Waals surface area contributed by atoms with Gasteiger partial charge in [-0.15, -0.1) is 0 Å². The zero-order valence-electron chi connectivity index (χ0n) is 11.3. The molecule has 0 atom stereocenters. The average Bonchev–Trinajstić information content (AvgIpc) is 2.47. The molecule has 112 valence electrons. The first-order valence-corrected chi connectivity index (χ1v) is 6.60. The van der Waals surface area contributed by atoms with Crippen molar-refractivity contribution in [1.29, 1.82) is 0 Å². The van der Waals surface area contributed by atoms with Crippen LogP contribution in [0.5, 0.6) is 0 Å². The summed E-state index contributed by atoms with van der Waals surface area (Å²) in [6, 6.07) is 11.1. The topological polar surface area (TPSA) is 87.7 Å². The lowest BCUT2D eigenvalue weighted by molar-refractivity contribution is 0.0692. The van der Waals surface area contributed by atoms with Crippen molar-refractivity contribution < 1.29 is 14.3 Å². The van der Waals surface area contributed by atoms with E-state index in [1.807, 2.05) is 0 Å². The van der Waals surface area contributed by atoms with E-state index in [2.05, 4.69) is 22.7 Å². The molecule has 0 saturated carbocycles. The summed E-state index contributed by atoms with van der Waals surface area (Å²) in [6.45, 7) is 0. The van der Waals surface area contributed by atoms with Gasteiger partial charge in [0.15, 0.2) is 5.11 Å². The monoisotopic (exact) mass is 317 g/mol. The first kappa shape index (κ1) is 15.6. The van der Waals surface area contributed by atoms with E-state index in [-0.39, 0.29) is 10.7 Å². The van der Waals surface area contributed by atoms with Crippen molar-refractivity contribution in [3.05, 3.63) is 59.4 Å². The Kier molecular flexibility index (Phi) is 4.80. The molecule has 0 aromatic heterocycles. The van der Waals surface area contributed by atoms with Crippen molar-refractivity contribution in [2.75, 3.05) is 0 Å². The van der Waals surface area contributed by atoms with E-state index in [4.69, 9.17) is 10.8 Å². The molecule has 7 heteroatoms. The fraction of sp³-hybridized carbons (Fsp3) is 0. The molecule has 0 fully saturated rings. The van der Waals surface area contributed by atoms with Crippen LogP contribution in [-0.2, 0) is 0 Å². The maximum Gasteiger partial charge on any atom is 0.338 e. The van der Waals surface area contributed by atoms with Gasteiger partial charge in [-0.2, -0.15) is 5.10 Å². The molecule has 0 saturated heterocycles. The number of halogens is 1. The van der Waals surface area contributed by atoms with E-state index >= 15 is 0 Å². The van der Waals surface area contributed by atoms with E-state index < -0.39 is 11.8 Å². The smallest absolute Gasteiger partial charge is 0.338 e. The fourth-order valence-electron chi connectivity index (χ4n) is 1.89. The van der Waals surface area contributed by atoms with Gasteiger partial charge in [-0.25, -0.2) is 9.18 Å². The highest BCUT2D eigenvalue weighted by Crippen LogP contribution is 2.24. The quantitative estimate of drug-likeness (QED) is 0.458. The van der Waals surface area contributed by atoms with Crippen molar-refractivity contribution in [2.45, 2.75) is 0 Å². The normalized spacial score (nSPS) is 10.6. The third kappa shape index (κ3) is 3.64. The summed E-state index contributed by atoms with van der Waals surface area (Å²) in [6.07, 6.45) is 1.50. The Bertz CT molecular complexity index is 762. The van der Waals surface area contributed by atoms with Crippen LogP contribution in [0.1, 0.15) is 15.9 Å². The van der Waals surface area contributed by atoms with Crippen LogP contribution in [0.15, 0.2) is 47.6 Å². The number of rotatable bonds is 4. The standard InChI is InChI=1S/C15H12FN3O2S/c16-13-7-9(5-6-12(13)14(20)21)11-4-2-1-3-10(11)8-18-19-15(17)22/h1-8H,(H,20,21)(H3,17,19,22). The Hall–Kier alpha value is -2.80. The van der Waals surface area contributed by atoms with Crippen molar-refractivity contribution in [2.24, 2.45) is 10.8 Å². The first-order valence-electron chi connectivity index (χ1n) is 6.20. The molecule has 4 N–H and O–H groups in total. The zero-order chi connectivity index (χ0) is 16.1. The highest BCUT2D eigenvalue weighted by molar-refractivity contribution is 7.80. The van der Waals surface area contributed by atoms with Crippen LogP contribution in [-0.4, -0.2) is 22.4 Å². The molecule has 0 aliphatic rings. The van der Waals surface area contributed by atoms with E-state index in [0.29, 0.717) is 16.7 Å². The number of hydrogen-bond donors (Lipinski definition) is 3. The lowest BCUT2D eigenvalue weighted by Gasteiger charge is -2.07. The number of aromatic carboxylic acids is 1. The van der Waals surface area contributed by atoms with Gasteiger partial charge in [0.25, 0.3) is 0 Å². The second-order valence-corrected chi connectivity index (χ2v) is 4.76. The van der Waals surface area contributed by atoms with Crippen molar-refractivity contribution in [3.8, 4) is 11.1 Å². The number of nitrogens with zero attached hydrogens (tertiary/aromatic N) is 1. The molecule has 2 aromatic rings. The molecule has 0 heterocycles. The Labute approximate surface area is 131 Å². The molecule has 22 heavy (non-hydrogen) atoms. The maximum absolute atomic E-state index is 13.8. The minimum absolute atomic E-state index is 0.0330. The highest BCUT2D eigenvalue weighted by Gasteiger charge is 2.12. The van der Waals surface area contributed by atoms with Crippen molar-refractivity contribution in [1.82, 2.24) is 5.43 Å². The summed E-state index contributed by atoms with van der Waals surface area (Å²) in [4.78, 5) is 10.8. The van der Waals surface area contributed by atoms with Crippen LogP contribution in [0, 0.1) is 5.82 Å². The Balaban J connectivity index is 2.41. The van der Waals surface area contributed by atoms with Gasteiger partial charge in [-0.3, -0.25) is 5.43 Å². The number of hydrogen-bond acceptors (Lipinski definition) is 3. The summed E-state index contributed by atoms with van der Waals surface area (Å²) in [5.74, 6) is -2.10. The van der Waals surface area contributed by atoms with Crippen LogP contribution < -0.4 is 11.2 Å². The second-order valence-electron chi connectivity index (χ2n) is 4.32. The molecule has 0 radical (unpaired) electrons. The lowest BCUT2D eigenvalue weighted by atomic mass is 9.99. The molecule has 0 aliphatic heterocycles. The van der Waals surface area contributed by atoms with Crippen LogP contribution in [0.4, 0.5) is 4.39 Å². The van der Waals surface area contributed by atoms with E-state index in [1.165, 1.54) is 18.3 Å². The minimum Gasteiger partial charge on any atom is -0.478 e. The third-order valence-electron chi connectivity index (χ3n) is 2.85. The van der Waals surface area contributed by atoms with Gasteiger partial charge in [0, 0.05) is 5.56 Å². The van der Waals surface area contributed by atoms with Gasteiger partial charge in [0.05, 0.1) is 11.8 Å². The lowest BCUT2D eigenvalue weighted by Crippen LogP contribution is -2.24. The number of nitrogens with one attached hydrogen (secondary N) is 1. The predicted molar refractivity (Wildman–Crippen MR) is 86.3 cm³/mol. The summed E-state index contributed by atoms with van der Waals surface area (Å²) in [5, 5.41) is 12.8. The van der Waals surface area contributed by atoms with E-state index in [1.54, 1.807) is 30.3 Å². The predicted octanol–water partition coefficient (Wildman–Crippen LogP) is 2.36. The van der Waals surface area contributed by atoms with Crippen LogP contribution in [0.25, 0.3) is 11.1 Å². The van der Waals surface area contributed by atoms with Crippen LogP contribution >= 0.6 is 12.2 Å². The van der Waals surface area contributed by atoms with Gasteiger partial charge in [-0.05, 0) is 35.5 Å².